The van der Waals surface area contributed by atoms with Gasteiger partial charge in [0.2, 0.25) is 0 Å². The second-order valence-corrected chi connectivity index (χ2v) is 9.49. The average Bonchev–Trinajstić information content (AvgIpc) is 2.64. The van der Waals surface area contributed by atoms with Gasteiger partial charge in [0.05, 0.1) is 22.2 Å². The van der Waals surface area contributed by atoms with Crippen LogP contribution in [0.1, 0.15) is 44.9 Å². The van der Waals surface area contributed by atoms with Crippen molar-refractivity contribution in [3.05, 3.63) is 33.3 Å². The Hall–Kier alpha value is -2.02. The number of halogens is 1. The number of benzene rings is 1. The Labute approximate surface area is 175 Å². The van der Waals surface area contributed by atoms with E-state index >= 15 is 0 Å². The first-order chi connectivity index (χ1) is 13.9. The molecule has 1 amide bonds. The molecule has 158 valence electrons. The van der Waals surface area contributed by atoms with E-state index in [9.17, 15) is 14.9 Å². The number of nitro benzene ring substituents is 1. The second kappa shape index (κ2) is 8.38. The van der Waals surface area contributed by atoms with Crippen molar-refractivity contribution < 1.29 is 14.5 Å². The summed E-state index contributed by atoms with van der Waals surface area (Å²) in [5.41, 5.74) is 0.957. The first-order valence-electron chi connectivity index (χ1n) is 10.5. The fourth-order valence-corrected chi connectivity index (χ4v) is 6.37. The third-order valence-corrected chi connectivity index (χ3v) is 7.22. The highest BCUT2D eigenvalue weighted by Gasteiger charge is 2.50. The molecular formula is C21H28ClN3O4. The molecule has 0 aromatic heterocycles. The first-order valence-corrected chi connectivity index (χ1v) is 10.9. The average molecular weight is 422 g/mol. The lowest BCUT2D eigenvalue weighted by atomic mass is 9.49. The number of nitrogens with zero attached hydrogens (tertiary/aromatic N) is 1. The van der Waals surface area contributed by atoms with E-state index < -0.39 is 11.0 Å². The lowest BCUT2D eigenvalue weighted by Crippen LogP contribution is -2.46. The van der Waals surface area contributed by atoms with Gasteiger partial charge in [0.15, 0.2) is 0 Å². The molecule has 7 nitrogen and oxygen atoms in total. The van der Waals surface area contributed by atoms with E-state index in [4.69, 9.17) is 16.3 Å². The van der Waals surface area contributed by atoms with Crippen molar-refractivity contribution in [2.75, 3.05) is 25.0 Å². The molecule has 0 heterocycles. The number of ether oxygens (including phenoxy) is 1. The summed E-state index contributed by atoms with van der Waals surface area (Å²) < 4.78 is 5.42. The predicted molar refractivity (Wildman–Crippen MR) is 111 cm³/mol. The number of nitrogens with one attached hydrogen (secondary N) is 2. The molecule has 5 rings (SSSR count). The number of anilines is 1. The van der Waals surface area contributed by atoms with Crippen molar-refractivity contribution in [3.8, 4) is 0 Å². The van der Waals surface area contributed by atoms with Crippen LogP contribution in [0.15, 0.2) is 18.2 Å². The zero-order chi connectivity index (χ0) is 20.4. The fraction of sp³-hybridized carbons (Fsp3) is 0.667. The van der Waals surface area contributed by atoms with Crippen LogP contribution in [0.25, 0.3) is 0 Å². The summed E-state index contributed by atoms with van der Waals surface area (Å²) in [6.45, 7) is 1.31. The lowest BCUT2D eigenvalue weighted by molar-refractivity contribution is -0.384. The van der Waals surface area contributed by atoms with Crippen LogP contribution in [0.2, 0.25) is 5.02 Å². The maximum Gasteiger partial charge on any atom is 0.407 e. The number of carbonyl (C=O) groups is 1. The first kappa shape index (κ1) is 20.3. The molecule has 4 fully saturated rings. The zero-order valence-electron chi connectivity index (χ0n) is 16.5. The molecule has 0 radical (unpaired) electrons. The van der Waals surface area contributed by atoms with Gasteiger partial charge in [-0.1, -0.05) is 11.6 Å². The normalized spacial score (nSPS) is 29.5. The van der Waals surface area contributed by atoms with Crippen LogP contribution in [0.3, 0.4) is 0 Å². The van der Waals surface area contributed by atoms with Crippen LogP contribution >= 0.6 is 11.6 Å². The molecule has 0 unspecified atom stereocenters. The Morgan fingerprint density at radius 1 is 1.17 bits per heavy atom. The molecule has 0 spiro atoms. The van der Waals surface area contributed by atoms with Crippen molar-refractivity contribution in [2.45, 2.75) is 44.9 Å². The molecule has 29 heavy (non-hydrogen) atoms. The number of nitro groups is 1. The van der Waals surface area contributed by atoms with Crippen LogP contribution in [0.5, 0.6) is 0 Å². The van der Waals surface area contributed by atoms with Gasteiger partial charge in [0, 0.05) is 25.2 Å². The van der Waals surface area contributed by atoms with Crippen molar-refractivity contribution in [2.24, 2.45) is 23.2 Å². The Morgan fingerprint density at radius 3 is 2.41 bits per heavy atom. The van der Waals surface area contributed by atoms with E-state index in [2.05, 4.69) is 10.6 Å². The number of non-ortho nitro benzene ring substituents is 1. The maximum atomic E-state index is 12.0. The Kier molecular flexibility index (Phi) is 5.86. The van der Waals surface area contributed by atoms with Gasteiger partial charge in [0.25, 0.3) is 5.69 Å². The Balaban J connectivity index is 1.14. The van der Waals surface area contributed by atoms with E-state index in [0.717, 1.165) is 24.2 Å². The van der Waals surface area contributed by atoms with Crippen molar-refractivity contribution in [1.82, 2.24) is 5.32 Å². The van der Waals surface area contributed by atoms with Gasteiger partial charge in [-0.05, 0) is 74.2 Å². The van der Waals surface area contributed by atoms with Gasteiger partial charge in [-0.2, -0.15) is 0 Å². The van der Waals surface area contributed by atoms with Crippen LogP contribution < -0.4 is 10.6 Å². The van der Waals surface area contributed by atoms with E-state index in [0.29, 0.717) is 30.8 Å². The number of hydrogen-bond acceptors (Lipinski definition) is 5. The molecular weight excluding hydrogens is 394 g/mol. The molecule has 8 heteroatoms. The molecule has 0 aliphatic heterocycles. The van der Waals surface area contributed by atoms with Crippen LogP contribution in [0, 0.1) is 33.3 Å². The smallest absolute Gasteiger partial charge is 0.407 e. The largest absolute Gasteiger partial charge is 0.450 e. The zero-order valence-corrected chi connectivity index (χ0v) is 17.2. The highest BCUT2D eigenvalue weighted by atomic mass is 35.5. The van der Waals surface area contributed by atoms with Crippen LogP contribution in [-0.4, -0.2) is 30.7 Å². The van der Waals surface area contributed by atoms with Gasteiger partial charge in [-0.3, -0.25) is 10.1 Å². The van der Waals surface area contributed by atoms with Gasteiger partial charge in [-0.15, -0.1) is 0 Å². The number of carbonyl (C=O) groups excluding carboxylic acids is 1. The highest BCUT2D eigenvalue weighted by molar-refractivity contribution is 6.33. The minimum absolute atomic E-state index is 0.0544. The molecule has 4 bridgehead atoms. The van der Waals surface area contributed by atoms with E-state index in [1.54, 1.807) is 6.07 Å². The number of hydrogen-bond donors (Lipinski definition) is 2. The van der Waals surface area contributed by atoms with Gasteiger partial charge in [-0.25, -0.2) is 4.79 Å². The minimum atomic E-state index is -0.489. The molecule has 1 aromatic rings. The number of amides is 1. The number of alkyl carbamates (subject to hydrolysis) is 1. The summed E-state index contributed by atoms with van der Waals surface area (Å²) in [5.74, 6) is 2.73. The summed E-state index contributed by atoms with van der Waals surface area (Å²) in [7, 11) is 0. The topological polar surface area (TPSA) is 93.5 Å². The Morgan fingerprint density at radius 2 is 1.83 bits per heavy atom. The molecule has 4 aliphatic rings. The van der Waals surface area contributed by atoms with Crippen molar-refractivity contribution in [1.29, 1.82) is 0 Å². The van der Waals surface area contributed by atoms with Gasteiger partial charge in [0.1, 0.15) is 0 Å². The lowest BCUT2D eigenvalue weighted by Gasteiger charge is -2.57. The summed E-state index contributed by atoms with van der Waals surface area (Å²) in [4.78, 5) is 22.2. The Bertz CT molecular complexity index is 750. The van der Waals surface area contributed by atoms with Crippen LogP contribution in [-0.2, 0) is 4.74 Å². The third-order valence-electron chi connectivity index (χ3n) is 6.90. The van der Waals surface area contributed by atoms with Crippen LogP contribution in [0.4, 0.5) is 16.2 Å². The van der Waals surface area contributed by atoms with E-state index in [-0.39, 0.29) is 10.7 Å². The third kappa shape index (κ3) is 4.77. The quantitative estimate of drug-likeness (QED) is 0.350. The maximum absolute atomic E-state index is 12.0. The SMILES string of the molecule is O=C(NCCNc1ccc([N+](=O)[O-])cc1Cl)OCCC12CC3CC(CC(C3)C1)C2. The van der Waals surface area contributed by atoms with Gasteiger partial charge >= 0.3 is 6.09 Å². The molecule has 1 aromatic carbocycles. The molecule has 4 saturated carbocycles. The summed E-state index contributed by atoms with van der Waals surface area (Å²) >= 11 is 6.03. The molecule has 2 N–H and O–H groups in total. The van der Waals surface area contributed by atoms with Crippen molar-refractivity contribution in [3.63, 3.8) is 0 Å². The minimum Gasteiger partial charge on any atom is -0.450 e. The molecule has 0 atom stereocenters. The second-order valence-electron chi connectivity index (χ2n) is 9.08. The van der Waals surface area contributed by atoms with Gasteiger partial charge < -0.3 is 15.4 Å². The standard InChI is InChI=1S/C21H28ClN3O4/c22-18-10-17(25(27)28)1-2-19(18)23-4-5-24-20(26)29-6-3-21-11-14-7-15(12-21)9-16(8-14)13-21/h1-2,10,14-16,23H,3-9,11-13H2,(H,24,26). The van der Waals surface area contributed by atoms with Crippen molar-refractivity contribution >= 4 is 29.1 Å². The summed E-state index contributed by atoms with van der Waals surface area (Å²) in [6, 6.07) is 4.25. The molecule has 4 aliphatic carbocycles. The predicted octanol–water partition coefficient (Wildman–Crippen LogP) is 4.99. The monoisotopic (exact) mass is 421 g/mol. The van der Waals surface area contributed by atoms with E-state index in [1.807, 2.05) is 0 Å². The summed E-state index contributed by atoms with van der Waals surface area (Å²) in [5, 5.41) is 16.8. The fourth-order valence-electron chi connectivity index (χ4n) is 6.13. The number of rotatable bonds is 8. The molecule has 0 saturated heterocycles. The summed E-state index contributed by atoms with van der Waals surface area (Å²) in [6.07, 6.45) is 8.83. The highest BCUT2D eigenvalue weighted by Crippen LogP contribution is 2.61. The van der Waals surface area contributed by atoms with E-state index in [1.165, 1.54) is 50.7 Å².